The summed E-state index contributed by atoms with van der Waals surface area (Å²) in [6.07, 6.45) is 0.987. The predicted octanol–water partition coefficient (Wildman–Crippen LogP) is 4.42. The molecule has 2 rings (SSSR count). The lowest BCUT2D eigenvalue weighted by Crippen LogP contribution is -2.32. The van der Waals surface area contributed by atoms with Gasteiger partial charge >= 0.3 is 6.18 Å². The van der Waals surface area contributed by atoms with Crippen LogP contribution in [0.15, 0.2) is 24.3 Å². The standard InChI is InChI=1S/C16H22F3N/c1-2-10-20-15(13-7-8-13)9-6-12-4-3-5-14(11-12)16(17,18)19/h3-5,11,13,15,20H,2,6-10H2,1H3. The summed E-state index contributed by atoms with van der Waals surface area (Å²) in [6, 6.07) is 6.17. The number of halogens is 3. The van der Waals surface area contributed by atoms with Gasteiger partial charge in [0.25, 0.3) is 0 Å². The molecule has 1 aromatic carbocycles. The van der Waals surface area contributed by atoms with Crippen molar-refractivity contribution in [2.24, 2.45) is 5.92 Å². The van der Waals surface area contributed by atoms with Gasteiger partial charge in [-0.15, -0.1) is 0 Å². The molecule has 1 aliphatic rings. The summed E-state index contributed by atoms with van der Waals surface area (Å²) in [5.74, 6) is 0.729. The van der Waals surface area contributed by atoms with Crippen molar-refractivity contribution >= 4 is 0 Å². The highest BCUT2D eigenvalue weighted by molar-refractivity contribution is 5.25. The van der Waals surface area contributed by atoms with E-state index in [1.54, 1.807) is 6.07 Å². The molecule has 112 valence electrons. The molecule has 0 radical (unpaired) electrons. The summed E-state index contributed by atoms with van der Waals surface area (Å²) < 4.78 is 38.0. The van der Waals surface area contributed by atoms with Crippen LogP contribution in [-0.2, 0) is 12.6 Å². The number of hydrogen-bond donors (Lipinski definition) is 1. The van der Waals surface area contributed by atoms with Crippen molar-refractivity contribution in [3.8, 4) is 0 Å². The summed E-state index contributed by atoms with van der Waals surface area (Å²) in [5, 5.41) is 3.52. The van der Waals surface area contributed by atoms with Gasteiger partial charge in [-0.3, -0.25) is 0 Å². The van der Waals surface area contributed by atoms with E-state index in [9.17, 15) is 13.2 Å². The Balaban J connectivity index is 1.92. The van der Waals surface area contributed by atoms with E-state index in [2.05, 4.69) is 12.2 Å². The monoisotopic (exact) mass is 285 g/mol. The fraction of sp³-hybridized carbons (Fsp3) is 0.625. The second-order valence-electron chi connectivity index (χ2n) is 5.63. The van der Waals surface area contributed by atoms with Gasteiger partial charge in [0.05, 0.1) is 5.56 Å². The highest BCUT2D eigenvalue weighted by Crippen LogP contribution is 2.35. The minimum Gasteiger partial charge on any atom is -0.314 e. The van der Waals surface area contributed by atoms with Gasteiger partial charge in [0, 0.05) is 6.04 Å². The summed E-state index contributed by atoms with van der Waals surface area (Å²) in [7, 11) is 0. The van der Waals surface area contributed by atoms with Crippen LogP contribution in [0.2, 0.25) is 0 Å². The lowest BCUT2D eigenvalue weighted by atomic mass is 10.0. The Morgan fingerprint density at radius 2 is 2.05 bits per heavy atom. The summed E-state index contributed by atoms with van der Waals surface area (Å²) in [6.45, 7) is 3.12. The zero-order valence-electron chi connectivity index (χ0n) is 11.8. The first kappa shape index (κ1) is 15.4. The Kier molecular flexibility index (Phi) is 5.08. The summed E-state index contributed by atoms with van der Waals surface area (Å²) >= 11 is 0. The average Bonchev–Trinajstić information content (AvgIpc) is 3.23. The second-order valence-corrected chi connectivity index (χ2v) is 5.63. The molecule has 0 amide bonds. The molecule has 1 atom stereocenters. The van der Waals surface area contributed by atoms with Crippen LogP contribution in [0.3, 0.4) is 0 Å². The van der Waals surface area contributed by atoms with Crippen molar-refractivity contribution in [3.05, 3.63) is 35.4 Å². The van der Waals surface area contributed by atoms with Crippen LogP contribution < -0.4 is 5.32 Å². The molecule has 1 saturated carbocycles. The van der Waals surface area contributed by atoms with Gasteiger partial charge in [-0.25, -0.2) is 0 Å². The molecule has 1 fully saturated rings. The third-order valence-electron chi connectivity index (χ3n) is 3.85. The van der Waals surface area contributed by atoms with Crippen molar-refractivity contribution in [3.63, 3.8) is 0 Å². The highest BCUT2D eigenvalue weighted by Gasteiger charge is 2.31. The third-order valence-corrected chi connectivity index (χ3v) is 3.85. The Hall–Kier alpha value is -1.03. The predicted molar refractivity (Wildman–Crippen MR) is 74.6 cm³/mol. The minimum atomic E-state index is -4.24. The van der Waals surface area contributed by atoms with Gasteiger partial charge in [0.2, 0.25) is 0 Å². The topological polar surface area (TPSA) is 12.0 Å². The van der Waals surface area contributed by atoms with Crippen molar-refractivity contribution in [1.82, 2.24) is 5.32 Å². The zero-order chi connectivity index (χ0) is 14.6. The molecule has 0 saturated heterocycles. The molecule has 4 heteroatoms. The van der Waals surface area contributed by atoms with Gasteiger partial charge in [-0.2, -0.15) is 13.2 Å². The van der Waals surface area contributed by atoms with E-state index in [1.165, 1.54) is 25.0 Å². The van der Waals surface area contributed by atoms with Gasteiger partial charge in [0.15, 0.2) is 0 Å². The molecular weight excluding hydrogens is 263 g/mol. The van der Waals surface area contributed by atoms with Crippen molar-refractivity contribution in [2.45, 2.75) is 51.2 Å². The molecule has 0 heterocycles. The Bertz CT molecular complexity index is 424. The third kappa shape index (κ3) is 4.51. The Labute approximate surface area is 118 Å². The largest absolute Gasteiger partial charge is 0.416 e. The van der Waals surface area contributed by atoms with Crippen LogP contribution >= 0.6 is 0 Å². The van der Waals surface area contributed by atoms with Crippen LogP contribution in [0.25, 0.3) is 0 Å². The number of hydrogen-bond acceptors (Lipinski definition) is 1. The normalized spacial score (nSPS) is 17.2. The molecule has 1 aromatic rings. The van der Waals surface area contributed by atoms with Gasteiger partial charge in [-0.05, 0) is 56.2 Å². The van der Waals surface area contributed by atoms with Crippen molar-refractivity contribution in [1.29, 1.82) is 0 Å². The Morgan fingerprint density at radius 3 is 2.65 bits per heavy atom. The van der Waals surface area contributed by atoms with Crippen LogP contribution in [0.1, 0.15) is 43.7 Å². The molecule has 0 bridgehead atoms. The van der Waals surface area contributed by atoms with E-state index in [0.717, 1.165) is 36.9 Å². The van der Waals surface area contributed by atoms with Gasteiger partial charge in [0.1, 0.15) is 0 Å². The summed E-state index contributed by atoms with van der Waals surface area (Å²) in [5.41, 5.74) is 0.239. The SMILES string of the molecule is CCCNC(CCc1cccc(C(F)(F)F)c1)C1CC1. The molecule has 0 aliphatic heterocycles. The van der Waals surface area contributed by atoms with Crippen LogP contribution in [0.5, 0.6) is 0 Å². The first-order valence-corrected chi connectivity index (χ1v) is 7.40. The molecule has 1 nitrogen and oxygen atoms in total. The molecule has 0 spiro atoms. The van der Waals surface area contributed by atoms with E-state index < -0.39 is 11.7 Å². The maximum Gasteiger partial charge on any atom is 0.416 e. The molecular formula is C16H22F3N. The maximum atomic E-state index is 12.7. The van der Waals surface area contributed by atoms with Crippen LogP contribution in [0.4, 0.5) is 13.2 Å². The van der Waals surface area contributed by atoms with E-state index in [1.807, 2.05) is 0 Å². The Morgan fingerprint density at radius 1 is 1.30 bits per heavy atom. The first-order valence-electron chi connectivity index (χ1n) is 7.40. The first-order chi connectivity index (χ1) is 9.50. The number of nitrogens with one attached hydrogen (secondary N) is 1. The number of aryl methyl sites for hydroxylation is 1. The number of rotatable bonds is 7. The summed E-state index contributed by atoms with van der Waals surface area (Å²) in [4.78, 5) is 0. The van der Waals surface area contributed by atoms with Crippen LogP contribution in [0, 0.1) is 5.92 Å². The molecule has 20 heavy (non-hydrogen) atoms. The lowest BCUT2D eigenvalue weighted by Gasteiger charge is -2.18. The fourth-order valence-electron chi connectivity index (χ4n) is 2.56. The van der Waals surface area contributed by atoms with E-state index >= 15 is 0 Å². The number of alkyl halides is 3. The molecule has 1 aliphatic carbocycles. The van der Waals surface area contributed by atoms with E-state index in [-0.39, 0.29) is 0 Å². The molecule has 1 unspecified atom stereocenters. The van der Waals surface area contributed by atoms with Crippen molar-refractivity contribution < 1.29 is 13.2 Å². The lowest BCUT2D eigenvalue weighted by molar-refractivity contribution is -0.137. The highest BCUT2D eigenvalue weighted by atomic mass is 19.4. The van der Waals surface area contributed by atoms with Crippen LogP contribution in [-0.4, -0.2) is 12.6 Å². The fourth-order valence-corrected chi connectivity index (χ4v) is 2.56. The smallest absolute Gasteiger partial charge is 0.314 e. The average molecular weight is 285 g/mol. The quantitative estimate of drug-likeness (QED) is 0.782. The number of benzene rings is 1. The molecule has 1 N–H and O–H groups in total. The molecule has 0 aromatic heterocycles. The van der Waals surface area contributed by atoms with Gasteiger partial charge < -0.3 is 5.32 Å². The maximum absolute atomic E-state index is 12.7. The zero-order valence-corrected chi connectivity index (χ0v) is 11.8. The second kappa shape index (κ2) is 6.61. The van der Waals surface area contributed by atoms with E-state index in [0.29, 0.717) is 12.5 Å². The minimum absolute atomic E-state index is 0.462. The van der Waals surface area contributed by atoms with E-state index in [4.69, 9.17) is 0 Å². The van der Waals surface area contributed by atoms with Crippen molar-refractivity contribution in [2.75, 3.05) is 6.54 Å². The van der Waals surface area contributed by atoms with Gasteiger partial charge in [-0.1, -0.05) is 25.1 Å².